The van der Waals surface area contributed by atoms with E-state index in [-0.39, 0.29) is 0 Å². The first-order valence-corrected chi connectivity index (χ1v) is 6.41. The maximum absolute atomic E-state index is 3.46. The van der Waals surface area contributed by atoms with Crippen LogP contribution in [-0.2, 0) is 6.54 Å². The molecule has 2 heteroatoms. The maximum Gasteiger partial charge on any atom is 0.0236 e. The van der Waals surface area contributed by atoms with E-state index in [0.717, 1.165) is 11.0 Å². The molecule has 15 heavy (non-hydrogen) atoms. The van der Waals surface area contributed by atoms with Crippen LogP contribution in [0.15, 0.2) is 28.7 Å². The van der Waals surface area contributed by atoms with E-state index in [1.54, 1.807) is 0 Å². The highest BCUT2D eigenvalue weighted by Gasteiger charge is 2.08. The lowest BCUT2D eigenvalue weighted by Crippen LogP contribution is -2.30. The fourth-order valence-electron chi connectivity index (χ4n) is 1.63. The summed E-state index contributed by atoms with van der Waals surface area (Å²) in [6.45, 7) is 8.98. The third kappa shape index (κ3) is 4.35. The topological polar surface area (TPSA) is 3.24 Å². The Morgan fingerprint density at radius 2 is 1.80 bits per heavy atom. The Labute approximate surface area is 102 Å². The minimum absolute atomic E-state index is 0.619. The van der Waals surface area contributed by atoms with Crippen molar-refractivity contribution < 1.29 is 0 Å². The van der Waals surface area contributed by atoms with E-state index in [0.29, 0.717) is 6.04 Å². The molecule has 0 aliphatic heterocycles. The molecule has 0 bridgehead atoms. The quantitative estimate of drug-likeness (QED) is 0.779. The Balaban J connectivity index is 2.61. The van der Waals surface area contributed by atoms with Gasteiger partial charge in [-0.15, -0.1) is 0 Å². The summed E-state index contributed by atoms with van der Waals surface area (Å²) in [5.74, 6) is 0. The number of hydrogen-bond acceptors (Lipinski definition) is 1. The van der Waals surface area contributed by atoms with Gasteiger partial charge in [-0.2, -0.15) is 0 Å². The van der Waals surface area contributed by atoms with E-state index in [1.165, 1.54) is 18.5 Å². The second-order valence-corrected chi connectivity index (χ2v) is 5.11. The molecule has 0 N–H and O–H groups in total. The van der Waals surface area contributed by atoms with E-state index >= 15 is 0 Å². The summed E-state index contributed by atoms with van der Waals surface area (Å²) >= 11 is 3.46. The Morgan fingerprint density at radius 1 is 1.20 bits per heavy atom. The molecule has 0 heterocycles. The fraction of sp³-hybridized carbons (Fsp3) is 0.538. The molecular formula is C13H20BrN. The van der Waals surface area contributed by atoms with Gasteiger partial charge < -0.3 is 0 Å². The highest BCUT2D eigenvalue weighted by Crippen LogP contribution is 2.13. The van der Waals surface area contributed by atoms with Gasteiger partial charge in [0.1, 0.15) is 0 Å². The Bertz CT molecular complexity index is 279. The van der Waals surface area contributed by atoms with Gasteiger partial charge in [0.15, 0.2) is 0 Å². The SMILES string of the molecule is CCCN(Cc1ccc(Br)cc1)C(C)C. The van der Waals surface area contributed by atoms with Crippen molar-refractivity contribution in [1.29, 1.82) is 0 Å². The van der Waals surface area contributed by atoms with Crippen LogP contribution in [0, 0.1) is 0 Å². The van der Waals surface area contributed by atoms with Crippen molar-refractivity contribution in [2.75, 3.05) is 6.54 Å². The number of nitrogens with zero attached hydrogens (tertiary/aromatic N) is 1. The molecule has 0 saturated carbocycles. The third-order valence-electron chi connectivity index (χ3n) is 2.54. The van der Waals surface area contributed by atoms with Crippen LogP contribution < -0.4 is 0 Å². The van der Waals surface area contributed by atoms with Crippen LogP contribution in [0.2, 0.25) is 0 Å². The monoisotopic (exact) mass is 269 g/mol. The van der Waals surface area contributed by atoms with E-state index < -0.39 is 0 Å². The summed E-state index contributed by atoms with van der Waals surface area (Å²) in [6.07, 6.45) is 1.22. The third-order valence-corrected chi connectivity index (χ3v) is 3.07. The second kappa shape index (κ2) is 6.29. The smallest absolute Gasteiger partial charge is 0.0236 e. The predicted octanol–water partition coefficient (Wildman–Crippen LogP) is 4.07. The number of hydrogen-bond donors (Lipinski definition) is 0. The van der Waals surface area contributed by atoms with Crippen LogP contribution in [0.3, 0.4) is 0 Å². The lowest BCUT2D eigenvalue weighted by molar-refractivity contribution is 0.213. The Kier molecular flexibility index (Phi) is 5.34. The lowest BCUT2D eigenvalue weighted by Gasteiger charge is -2.25. The normalized spacial score (nSPS) is 11.3. The summed E-state index contributed by atoms with van der Waals surface area (Å²) in [6, 6.07) is 9.22. The predicted molar refractivity (Wildman–Crippen MR) is 70.0 cm³/mol. The average molecular weight is 270 g/mol. The van der Waals surface area contributed by atoms with Gasteiger partial charge in [-0.3, -0.25) is 4.90 Å². The first-order chi connectivity index (χ1) is 7.13. The first kappa shape index (κ1) is 12.7. The lowest BCUT2D eigenvalue weighted by atomic mass is 10.2. The molecule has 1 aromatic carbocycles. The molecule has 84 valence electrons. The van der Waals surface area contributed by atoms with Gasteiger partial charge in [-0.25, -0.2) is 0 Å². The van der Waals surface area contributed by atoms with Crippen molar-refractivity contribution in [2.24, 2.45) is 0 Å². The summed E-state index contributed by atoms with van der Waals surface area (Å²) in [4.78, 5) is 2.50. The first-order valence-electron chi connectivity index (χ1n) is 5.62. The molecule has 1 aromatic rings. The van der Waals surface area contributed by atoms with Gasteiger partial charge >= 0.3 is 0 Å². The fourth-order valence-corrected chi connectivity index (χ4v) is 1.90. The van der Waals surface area contributed by atoms with Gasteiger partial charge in [0.05, 0.1) is 0 Å². The van der Waals surface area contributed by atoms with Gasteiger partial charge in [0.25, 0.3) is 0 Å². The van der Waals surface area contributed by atoms with Crippen molar-refractivity contribution in [2.45, 2.75) is 39.8 Å². The van der Waals surface area contributed by atoms with Crippen LogP contribution in [0.1, 0.15) is 32.8 Å². The van der Waals surface area contributed by atoms with Crippen molar-refractivity contribution in [1.82, 2.24) is 4.90 Å². The summed E-state index contributed by atoms with van der Waals surface area (Å²) in [5.41, 5.74) is 1.39. The summed E-state index contributed by atoms with van der Waals surface area (Å²) in [7, 11) is 0. The minimum atomic E-state index is 0.619. The van der Waals surface area contributed by atoms with Crippen LogP contribution in [0.5, 0.6) is 0 Å². The average Bonchev–Trinajstić information content (AvgIpc) is 2.20. The van der Waals surface area contributed by atoms with Crippen LogP contribution in [0.4, 0.5) is 0 Å². The molecule has 0 aliphatic rings. The molecule has 1 nitrogen and oxygen atoms in total. The molecule has 0 aromatic heterocycles. The number of halogens is 1. The Morgan fingerprint density at radius 3 is 2.27 bits per heavy atom. The maximum atomic E-state index is 3.46. The molecule has 0 fully saturated rings. The molecule has 0 saturated heterocycles. The van der Waals surface area contributed by atoms with Crippen molar-refractivity contribution >= 4 is 15.9 Å². The highest BCUT2D eigenvalue weighted by atomic mass is 79.9. The van der Waals surface area contributed by atoms with Gasteiger partial charge in [-0.05, 0) is 44.5 Å². The Hall–Kier alpha value is -0.340. The zero-order chi connectivity index (χ0) is 11.3. The molecule has 0 atom stereocenters. The molecule has 0 aliphatic carbocycles. The molecule has 1 rings (SSSR count). The van der Waals surface area contributed by atoms with E-state index in [9.17, 15) is 0 Å². The second-order valence-electron chi connectivity index (χ2n) is 4.19. The summed E-state index contributed by atoms with van der Waals surface area (Å²) in [5, 5.41) is 0. The zero-order valence-electron chi connectivity index (χ0n) is 9.83. The largest absolute Gasteiger partial charge is 0.297 e. The molecule has 0 unspecified atom stereocenters. The van der Waals surface area contributed by atoms with E-state index in [4.69, 9.17) is 0 Å². The zero-order valence-corrected chi connectivity index (χ0v) is 11.4. The minimum Gasteiger partial charge on any atom is -0.297 e. The van der Waals surface area contributed by atoms with Crippen molar-refractivity contribution in [3.05, 3.63) is 34.3 Å². The van der Waals surface area contributed by atoms with Crippen molar-refractivity contribution in [3.63, 3.8) is 0 Å². The van der Waals surface area contributed by atoms with Gasteiger partial charge in [-0.1, -0.05) is 35.0 Å². The van der Waals surface area contributed by atoms with Crippen molar-refractivity contribution in [3.8, 4) is 0 Å². The highest BCUT2D eigenvalue weighted by molar-refractivity contribution is 9.10. The molecule has 0 spiro atoms. The standard InChI is InChI=1S/C13H20BrN/c1-4-9-15(11(2)3)10-12-5-7-13(14)8-6-12/h5-8,11H,4,9-10H2,1-3H3. The molecule has 0 amide bonds. The number of rotatable bonds is 5. The van der Waals surface area contributed by atoms with Crippen LogP contribution in [0.25, 0.3) is 0 Å². The van der Waals surface area contributed by atoms with E-state index in [1.807, 2.05) is 0 Å². The van der Waals surface area contributed by atoms with Crippen LogP contribution in [-0.4, -0.2) is 17.5 Å². The van der Waals surface area contributed by atoms with Gasteiger partial charge in [0, 0.05) is 17.1 Å². The van der Waals surface area contributed by atoms with E-state index in [2.05, 4.69) is 65.9 Å². The molecular weight excluding hydrogens is 250 g/mol. The molecule has 0 radical (unpaired) electrons. The van der Waals surface area contributed by atoms with Gasteiger partial charge in [0.2, 0.25) is 0 Å². The summed E-state index contributed by atoms with van der Waals surface area (Å²) < 4.78 is 1.15. The van der Waals surface area contributed by atoms with Crippen LogP contribution >= 0.6 is 15.9 Å². The number of benzene rings is 1.